The third kappa shape index (κ3) is 5.69. The molecule has 2 N–H and O–H groups in total. The van der Waals surface area contributed by atoms with Crippen LogP contribution in [0.1, 0.15) is 32.6 Å². The molecule has 0 radical (unpaired) electrons. The number of hydrogen-bond acceptors (Lipinski definition) is 4. The Morgan fingerprint density at radius 2 is 2.22 bits per heavy atom. The van der Waals surface area contributed by atoms with E-state index in [0.29, 0.717) is 18.8 Å². The van der Waals surface area contributed by atoms with Gasteiger partial charge in [0.1, 0.15) is 6.04 Å². The molecule has 0 aromatic heterocycles. The van der Waals surface area contributed by atoms with Gasteiger partial charge in [0.15, 0.2) is 0 Å². The van der Waals surface area contributed by atoms with Gasteiger partial charge in [-0.05, 0) is 38.3 Å². The minimum absolute atomic E-state index is 0. The van der Waals surface area contributed by atoms with Crippen molar-refractivity contribution in [2.45, 2.75) is 38.6 Å². The molecule has 106 valence electrons. The first kappa shape index (κ1) is 17.2. The first-order valence-corrected chi connectivity index (χ1v) is 6.25. The zero-order valence-corrected chi connectivity index (χ0v) is 11.8. The number of methoxy groups -OCH3 is 1. The highest BCUT2D eigenvalue weighted by atomic mass is 35.5. The van der Waals surface area contributed by atoms with Crippen molar-refractivity contribution >= 4 is 24.3 Å². The lowest BCUT2D eigenvalue weighted by Crippen LogP contribution is -2.41. The normalized spacial score (nSPS) is 19.8. The molecule has 0 aliphatic carbocycles. The first-order valence-electron chi connectivity index (χ1n) is 6.25. The highest BCUT2D eigenvalue weighted by Crippen LogP contribution is 2.14. The number of amides is 1. The van der Waals surface area contributed by atoms with Crippen molar-refractivity contribution in [2.24, 2.45) is 5.92 Å². The Bertz CT molecular complexity index is 268. The van der Waals surface area contributed by atoms with Crippen LogP contribution in [0.3, 0.4) is 0 Å². The first-order chi connectivity index (χ1) is 8.17. The molecule has 1 aliphatic rings. The summed E-state index contributed by atoms with van der Waals surface area (Å²) in [7, 11) is 1.33. The Balaban J connectivity index is 0.00000289. The molecule has 18 heavy (non-hydrogen) atoms. The number of carbonyl (C=O) groups excluding carboxylic acids is 2. The van der Waals surface area contributed by atoms with Crippen molar-refractivity contribution < 1.29 is 14.3 Å². The van der Waals surface area contributed by atoms with Gasteiger partial charge in [0.2, 0.25) is 5.91 Å². The lowest BCUT2D eigenvalue weighted by Gasteiger charge is -2.15. The molecule has 2 unspecified atom stereocenters. The molecule has 1 rings (SSSR count). The zero-order valence-electron chi connectivity index (χ0n) is 11.0. The molecule has 5 nitrogen and oxygen atoms in total. The third-order valence-corrected chi connectivity index (χ3v) is 3.17. The summed E-state index contributed by atoms with van der Waals surface area (Å²) in [4.78, 5) is 22.9. The summed E-state index contributed by atoms with van der Waals surface area (Å²) in [5, 5.41) is 5.98. The summed E-state index contributed by atoms with van der Waals surface area (Å²) >= 11 is 0. The average molecular weight is 279 g/mol. The van der Waals surface area contributed by atoms with Crippen molar-refractivity contribution in [2.75, 3.05) is 20.2 Å². The molecular formula is C12H23ClN2O3. The monoisotopic (exact) mass is 278 g/mol. The number of halogens is 1. The number of nitrogens with one attached hydrogen (secondary N) is 2. The Morgan fingerprint density at radius 1 is 1.50 bits per heavy atom. The van der Waals surface area contributed by atoms with Gasteiger partial charge in [-0.2, -0.15) is 0 Å². The van der Waals surface area contributed by atoms with Crippen molar-refractivity contribution in [3.8, 4) is 0 Å². The van der Waals surface area contributed by atoms with Crippen LogP contribution in [0.25, 0.3) is 0 Å². The predicted molar refractivity (Wildman–Crippen MR) is 71.7 cm³/mol. The van der Waals surface area contributed by atoms with Crippen LogP contribution < -0.4 is 10.6 Å². The Kier molecular flexibility index (Phi) is 8.75. The predicted octanol–water partition coefficient (Wildman–Crippen LogP) is 0.866. The average Bonchev–Trinajstić information content (AvgIpc) is 2.85. The fraction of sp³-hybridized carbons (Fsp3) is 0.833. The number of ether oxygens (including phenoxy) is 1. The molecule has 1 fully saturated rings. The van der Waals surface area contributed by atoms with Gasteiger partial charge in [0, 0.05) is 6.42 Å². The van der Waals surface area contributed by atoms with E-state index in [1.165, 1.54) is 7.11 Å². The zero-order chi connectivity index (χ0) is 12.7. The second kappa shape index (κ2) is 9.16. The second-order valence-electron chi connectivity index (χ2n) is 4.45. The summed E-state index contributed by atoms with van der Waals surface area (Å²) in [6.45, 7) is 3.90. The number of hydrogen-bond donors (Lipinski definition) is 2. The van der Waals surface area contributed by atoms with E-state index in [-0.39, 0.29) is 24.3 Å². The minimum Gasteiger partial charge on any atom is -0.467 e. The smallest absolute Gasteiger partial charge is 0.328 e. The fourth-order valence-electron chi connectivity index (χ4n) is 2.03. The van der Waals surface area contributed by atoms with E-state index < -0.39 is 6.04 Å². The Labute approximate surface area is 114 Å². The molecule has 0 aromatic carbocycles. The van der Waals surface area contributed by atoms with Crippen LogP contribution in [-0.2, 0) is 14.3 Å². The van der Waals surface area contributed by atoms with Gasteiger partial charge in [-0.1, -0.05) is 6.92 Å². The van der Waals surface area contributed by atoms with Gasteiger partial charge in [-0.3, -0.25) is 4.79 Å². The van der Waals surface area contributed by atoms with Gasteiger partial charge in [0.05, 0.1) is 7.11 Å². The molecule has 1 amide bonds. The summed E-state index contributed by atoms with van der Waals surface area (Å²) in [6.07, 6.45) is 3.07. The fourth-order valence-corrected chi connectivity index (χ4v) is 2.03. The Hall–Kier alpha value is -0.810. The van der Waals surface area contributed by atoms with E-state index >= 15 is 0 Å². The molecule has 0 saturated carbocycles. The molecule has 0 aromatic rings. The lowest BCUT2D eigenvalue weighted by atomic mass is 10.0. The molecule has 1 heterocycles. The van der Waals surface area contributed by atoms with Gasteiger partial charge < -0.3 is 15.4 Å². The standard InChI is InChI=1S/C12H22N2O3.ClH/c1-3-10(12(16)17-2)14-11(15)5-4-9-6-7-13-8-9;/h9-10,13H,3-8H2,1-2H3,(H,14,15);1H. The number of rotatable bonds is 6. The lowest BCUT2D eigenvalue weighted by molar-refractivity contribution is -0.145. The summed E-state index contributed by atoms with van der Waals surface area (Å²) < 4.78 is 4.62. The minimum atomic E-state index is -0.505. The maximum atomic E-state index is 11.7. The SMILES string of the molecule is CCC(NC(=O)CCC1CCNC1)C(=O)OC.Cl. The number of carbonyl (C=O) groups is 2. The van der Waals surface area contributed by atoms with Crippen molar-refractivity contribution in [1.82, 2.24) is 10.6 Å². The quantitative estimate of drug-likeness (QED) is 0.708. The van der Waals surface area contributed by atoms with E-state index in [2.05, 4.69) is 15.4 Å². The molecule has 1 aliphatic heterocycles. The molecule has 2 atom stereocenters. The van der Waals surface area contributed by atoms with Crippen LogP contribution in [0, 0.1) is 5.92 Å². The van der Waals surface area contributed by atoms with Gasteiger partial charge in [0.25, 0.3) is 0 Å². The van der Waals surface area contributed by atoms with Crippen molar-refractivity contribution in [1.29, 1.82) is 0 Å². The maximum absolute atomic E-state index is 11.7. The van der Waals surface area contributed by atoms with Crippen LogP contribution in [-0.4, -0.2) is 38.1 Å². The second-order valence-corrected chi connectivity index (χ2v) is 4.45. The molecule has 1 saturated heterocycles. The van der Waals surface area contributed by atoms with Gasteiger partial charge in [-0.25, -0.2) is 4.79 Å². The third-order valence-electron chi connectivity index (χ3n) is 3.17. The van der Waals surface area contributed by atoms with Gasteiger partial charge >= 0.3 is 5.97 Å². The van der Waals surface area contributed by atoms with E-state index in [1.807, 2.05) is 6.92 Å². The molecule has 0 bridgehead atoms. The maximum Gasteiger partial charge on any atom is 0.328 e. The topological polar surface area (TPSA) is 67.4 Å². The van der Waals surface area contributed by atoms with Crippen LogP contribution >= 0.6 is 12.4 Å². The van der Waals surface area contributed by atoms with E-state index in [4.69, 9.17) is 0 Å². The van der Waals surface area contributed by atoms with Crippen LogP contribution in [0.2, 0.25) is 0 Å². The largest absolute Gasteiger partial charge is 0.467 e. The van der Waals surface area contributed by atoms with E-state index in [1.54, 1.807) is 0 Å². The van der Waals surface area contributed by atoms with Crippen LogP contribution in [0.15, 0.2) is 0 Å². The molecule has 0 spiro atoms. The highest BCUT2D eigenvalue weighted by Gasteiger charge is 2.20. The van der Waals surface area contributed by atoms with Crippen LogP contribution in [0.5, 0.6) is 0 Å². The molecular weight excluding hydrogens is 256 g/mol. The summed E-state index contributed by atoms with van der Waals surface area (Å²) in [5.41, 5.74) is 0. The van der Waals surface area contributed by atoms with Crippen LogP contribution in [0.4, 0.5) is 0 Å². The summed E-state index contributed by atoms with van der Waals surface area (Å²) in [5.74, 6) is 0.163. The number of esters is 1. The van der Waals surface area contributed by atoms with E-state index in [9.17, 15) is 9.59 Å². The van der Waals surface area contributed by atoms with Crippen molar-refractivity contribution in [3.63, 3.8) is 0 Å². The molecule has 6 heteroatoms. The van der Waals surface area contributed by atoms with Crippen molar-refractivity contribution in [3.05, 3.63) is 0 Å². The Morgan fingerprint density at radius 3 is 2.72 bits per heavy atom. The summed E-state index contributed by atoms with van der Waals surface area (Å²) in [6, 6.07) is -0.505. The van der Waals surface area contributed by atoms with E-state index in [0.717, 1.165) is 25.9 Å². The highest BCUT2D eigenvalue weighted by molar-refractivity contribution is 5.85. The van der Waals surface area contributed by atoms with Gasteiger partial charge in [-0.15, -0.1) is 12.4 Å².